The van der Waals surface area contributed by atoms with Gasteiger partial charge in [0.1, 0.15) is 5.75 Å². The SMILES string of the molecule is CCC(=O)c1cccc(NC(=O)NCc2ccccc2OC)c1. The van der Waals surface area contributed by atoms with E-state index in [9.17, 15) is 9.59 Å². The summed E-state index contributed by atoms with van der Waals surface area (Å²) in [5, 5.41) is 5.50. The summed E-state index contributed by atoms with van der Waals surface area (Å²) in [5.41, 5.74) is 2.07. The monoisotopic (exact) mass is 312 g/mol. The molecule has 0 bridgehead atoms. The lowest BCUT2D eigenvalue weighted by Crippen LogP contribution is -2.28. The van der Waals surface area contributed by atoms with Crippen molar-refractivity contribution in [2.75, 3.05) is 12.4 Å². The molecule has 2 aromatic carbocycles. The molecule has 0 spiro atoms. The number of para-hydroxylation sites is 1. The molecular formula is C18H20N2O3. The number of amides is 2. The topological polar surface area (TPSA) is 67.4 Å². The smallest absolute Gasteiger partial charge is 0.319 e. The molecule has 0 unspecified atom stereocenters. The molecule has 2 N–H and O–H groups in total. The van der Waals surface area contributed by atoms with Crippen molar-refractivity contribution in [2.45, 2.75) is 19.9 Å². The Morgan fingerprint density at radius 2 is 1.87 bits per heavy atom. The summed E-state index contributed by atoms with van der Waals surface area (Å²) in [6, 6.07) is 14.1. The fourth-order valence-corrected chi connectivity index (χ4v) is 2.17. The van der Waals surface area contributed by atoms with Crippen LogP contribution in [0.15, 0.2) is 48.5 Å². The lowest BCUT2D eigenvalue weighted by molar-refractivity contribution is 0.0988. The number of Topliss-reactive ketones (excluding diaryl/α,β-unsaturated/α-hetero) is 1. The number of carbonyl (C=O) groups excluding carboxylic acids is 2. The van der Waals surface area contributed by atoms with Crippen LogP contribution in [0.4, 0.5) is 10.5 Å². The van der Waals surface area contributed by atoms with Gasteiger partial charge in [-0.1, -0.05) is 37.3 Å². The number of methoxy groups -OCH3 is 1. The van der Waals surface area contributed by atoms with Crippen molar-refractivity contribution in [3.8, 4) is 5.75 Å². The molecule has 0 aromatic heterocycles. The predicted octanol–water partition coefficient (Wildman–Crippen LogP) is 3.61. The van der Waals surface area contributed by atoms with Crippen LogP contribution < -0.4 is 15.4 Å². The molecule has 0 saturated carbocycles. The van der Waals surface area contributed by atoms with Crippen molar-refractivity contribution < 1.29 is 14.3 Å². The fraction of sp³-hybridized carbons (Fsp3) is 0.222. The molecule has 0 radical (unpaired) electrons. The Hall–Kier alpha value is -2.82. The van der Waals surface area contributed by atoms with Crippen LogP contribution in [0.2, 0.25) is 0 Å². The molecule has 0 atom stereocenters. The van der Waals surface area contributed by atoms with Crippen molar-refractivity contribution in [1.29, 1.82) is 0 Å². The number of benzene rings is 2. The minimum atomic E-state index is -0.336. The van der Waals surface area contributed by atoms with Gasteiger partial charge in [0.15, 0.2) is 5.78 Å². The van der Waals surface area contributed by atoms with E-state index in [2.05, 4.69) is 10.6 Å². The Morgan fingerprint density at radius 1 is 1.09 bits per heavy atom. The summed E-state index contributed by atoms with van der Waals surface area (Å²) in [6.45, 7) is 2.16. The molecule has 0 saturated heterocycles. The molecule has 0 fully saturated rings. The highest BCUT2D eigenvalue weighted by Gasteiger charge is 2.07. The van der Waals surface area contributed by atoms with Crippen molar-refractivity contribution in [3.63, 3.8) is 0 Å². The lowest BCUT2D eigenvalue weighted by atomic mass is 10.1. The Balaban J connectivity index is 1.96. The van der Waals surface area contributed by atoms with Gasteiger partial charge in [-0.3, -0.25) is 4.79 Å². The number of urea groups is 1. The third-order valence-electron chi connectivity index (χ3n) is 3.40. The third kappa shape index (κ3) is 4.57. The number of anilines is 1. The van der Waals surface area contributed by atoms with Crippen LogP contribution in [0.25, 0.3) is 0 Å². The summed E-state index contributed by atoms with van der Waals surface area (Å²) >= 11 is 0. The molecule has 0 heterocycles. The van der Waals surface area contributed by atoms with Crippen LogP contribution in [0.1, 0.15) is 29.3 Å². The van der Waals surface area contributed by atoms with E-state index >= 15 is 0 Å². The van der Waals surface area contributed by atoms with Gasteiger partial charge in [0.25, 0.3) is 0 Å². The molecule has 120 valence electrons. The molecule has 5 nitrogen and oxygen atoms in total. The zero-order chi connectivity index (χ0) is 16.7. The fourth-order valence-electron chi connectivity index (χ4n) is 2.17. The van der Waals surface area contributed by atoms with E-state index < -0.39 is 0 Å². The van der Waals surface area contributed by atoms with Gasteiger partial charge in [-0.2, -0.15) is 0 Å². The van der Waals surface area contributed by atoms with Crippen molar-refractivity contribution in [1.82, 2.24) is 5.32 Å². The molecule has 2 rings (SSSR count). The molecule has 23 heavy (non-hydrogen) atoms. The average molecular weight is 312 g/mol. The van der Waals surface area contributed by atoms with Crippen molar-refractivity contribution in [3.05, 3.63) is 59.7 Å². The highest BCUT2D eigenvalue weighted by molar-refractivity contribution is 5.98. The zero-order valence-electron chi connectivity index (χ0n) is 13.3. The second-order valence-electron chi connectivity index (χ2n) is 4.98. The standard InChI is InChI=1S/C18H20N2O3/c1-3-16(21)13-8-6-9-15(11-13)20-18(22)19-12-14-7-4-5-10-17(14)23-2/h4-11H,3,12H2,1-2H3,(H2,19,20,22). The van der Waals surface area contributed by atoms with E-state index in [0.717, 1.165) is 11.3 Å². The summed E-state index contributed by atoms with van der Waals surface area (Å²) < 4.78 is 5.24. The number of ether oxygens (including phenoxy) is 1. The van der Waals surface area contributed by atoms with Crippen molar-refractivity contribution >= 4 is 17.5 Å². The van der Waals surface area contributed by atoms with E-state index in [1.807, 2.05) is 31.2 Å². The summed E-state index contributed by atoms with van der Waals surface area (Å²) in [6.07, 6.45) is 0.434. The van der Waals surface area contributed by atoms with Gasteiger partial charge in [0.2, 0.25) is 0 Å². The molecular weight excluding hydrogens is 292 g/mol. The van der Waals surface area contributed by atoms with Gasteiger partial charge >= 0.3 is 6.03 Å². The Bertz CT molecular complexity index is 698. The van der Waals surface area contributed by atoms with Gasteiger partial charge in [0.05, 0.1) is 7.11 Å². The Labute approximate surface area is 135 Å². The van der Waals surface area contributed by atoms with Crippen LogP contribution in [0.3, 0.4) is 0 Å². The van der Waals surface area contributed by atoms with Gasteiger partial charge in [-0.25, -0.2) is 4.79 Å². The van der Waals surface area contributed by atoms with Gasteiger partial charge < -0.3 is 15.4 Å². The average Bonchev–Trinajstić information content (AvgIpc) is 2.59. The number of carbonyl (C=O) groups is 2. The highest BCUT2D eigenvalue weighted by Crippen LogP contribution is 2.17. The molecule has 0 aliphatic heterocycles. The second kappa shape index (κ2) is 7.98. The molecule has 0 aliphatic carbocycles. The van der Waals surface area contributed by atoms with Gasteiger partial charge in [0, 0.05) is 29.8 Å². The highest BCUT2D eigenvalue weighted by atomic mass is 16.5. The minimum absolute atomic E-state index is 0.0445. The zero-order valence-corrected chi connectivity index (χ0v) is 13.3. The molecule has 2 amide bonds. The van der Waals surface area contributed by atoms with E-state index in [1.54, 1.807) is 31.4 Å². The van der Waals surface area contributed by atoms with Crippen LogP contribution in [0, 0.1) is 0 Å². The quantitative estimate of drug-likeness (QED) is 0.801. The number of ketones is 1. The van der Waals surface area contributed by atoms with Gasteiger partial charge in [-0.15, -0.1) is 0 Å². The predicted molar refractivity (Wildman–Crippen MR) is 89.9 cm³/mol. The number of hydrogen-bond donors (Lipinski definition) is 2. The maximum Gasteiger partial charge on any atom is 0.319 e. The summed E-state index contributed by atoms with van der Waals surface area (Å²) in [5.74, 6) is 0.770. The van der Waals surface area contributed by atoms with Crippen LogP contribution in [-0.2, 0) is 6.54 Å². The van der Waals surface area contributed by atoms with Crippen LogP contribution >= 0.6 is 0 Å². The number of hydrogen-bond acceptors (Lipinski definition) is 3. The first kappa shape index (κ1) is 16.5. The van der Waals surface area contributed by atoms with E-state index in [4.69, 9.17) is 4.74 Å². The number of nitrogens with one attached hydrogen (secondary N) is 2. The van der Waals surface area contributed by atoms with Crippen LogP contribution in [-0.4, -0.2) is 18.9 Å². The number of rotatable bonds is 6. The lowest BCUT2D eigenvalue weighted by Gasteiger charge is -2.11. The summed E-state index contributed by atoms with van der Waals surface area (Å²) in [4.78, 5) is 23.7. The maximum atomic E-state index is 12.0. The van der Waals surface area contributed by atoms with Crippen LogP contribution in [0.5, 0.6) is 5.75 Å². The Morgan fingerprint density at radius 3 is 2.61 bits per heavy atom. The van der Waals surface area contributed by atoms with Crippen molar-refractivity contribution in [2.24, 2.45) is 0 Å². The van der Waals surface area contributed by atoms with E-state index in [-0.39, 0.29) is 11.8 Å². The third-order valence-corrected chi connectivity index (χ3v) is 3.40. The second-order valence-corrected chi connectivity index (χ2v) is 4.98. The minimum Gasteiger partial charge on any atom is -0.496 e. The first-order chi connectivity index (χ1) is 11.1. The maximum absolute atomic E-state index is 12.0. The molecule has 2 aromatic rings. The largest absolute Gasteiger partial charge is 0.496 e. The first-order valence-electron chi connectivity index (χ1n) is 7.44. The van der Waals surface area contributed by atoms with E-state index in [0.29, 0.717) is 24.2 Å². The summed E-state index contributed by atoms with van der Waals surface area (Å²) in [7, 11) is 1.59. The normalized spacial score (nSPS) is 10.0. The molecule has 0 aliphatic rings. The van der Waals surface area contributed by atoms with E-state index in [1.165, 1.54) is 0 Å². The molecule has 5 heteroatoms. The Kier molecular flexibility index (Phi) is 5.74. The first-order valence-corrected chi connectivity index (χ1v) is 7.44. The van der Waals surface area contributed by atoms with Gasteiger partial charge in [-0.05, 0) is 18.2 Å².